The number of carbonyl (C=O) groups excluding carboxylic acids is 1. The Morgan fingerprint density at radius 3 is 2.50 bits per heavy atom. The Kier molecular flexibility index (Phi) is 4.73. The third-order valence-electron chi connectivity index (χ3n) is 3.85. The van der Waals surface area contributed by atoms with E-state index in [1.165, 1.54) is 0 Å². The van der Waals surface area contributed by atoms with Crippen molar-refractivity contribution in [2.24, 2.45) is 17.1 Å². The lowest BCUT2D eigenvalue weighted by Crippen LogP contribution is -2.47. The molecule has 0 aromatic heterocycles. The van der Waals surface area contributed by atoms with E-state index in [4.69, 9.17) is 5.73 Å². The SMILES string of the molecule is CCCC1(C(=O)O)CCN(C(=O)[C@@H](N)C(C)C)C1. The lowest BCUT2D eigenvalue weighted by molar-refractivity contribution is -0.149. The zero-order chi connectivity index (χ0) is 13.9. The number of aliphatic carboxylic acids is 1. The standard InChI is InChI=1S/C13H24N2O3/c1-4-5-13(12(17)18)6-7-15(8-13)11(16)10(14)9(2)3/h9-10H,4-8,14H2,1-3H3,(H,17,18)/t10-,13?/m0/s1. The van der Waals surface area contributed by atoms with Crippen LogP contribution >= 0.6 is 0 Å². The first-order valence-electron chi connectivity index (χ1n) is 6.62. The Labute approximate surface area is 108 Å². The van der Waals surface area contributed by atoms with Crippen molar-refractivity contribution in [3.05, 3.63) is 0 Å². The summed E-state index contributed by atoms with van der Waals surface area (Å²) >= 11 is 0. The summed E-state index contributed by atoms with van der Waals surface area (Å²) in [6.45, 7) is 6.57. The molecule has 0 spiro atoms. The van der Waals surface area contributed by atoms with Gasteiger partial charge in [-0.2, -0.15) is 0 Å². The smallest absolute Gasteiger partial charge is 0.311 e. The number of likely N-dealkylation sites (tertiary alicyclic amines) is 1. The fourth-order valence-corrected chi connectivity index (χ4v) is 2.52. The van der Waals surface area contributed by atoms with E-state index in [0.717, 1.165) is 6.42 Å². The fraction of sp³-hybridized carbons (Fsp3) is 0.846. The van der Waals surface area contributed by atoms with E-state index in [0.29, 0.717) is 25.9 Å². The van der Waals surface area contributed by atoms with Crippen LogP contribution in [0.2, 0.25) is 0 Å². The number of carboxylic acids is 1. The van der Waals surface area contributed by atoms with E-state index in [1.807, 2.05) is 20.8 Å². The number of hydrogen-bond acceptors (Lipinski definition) is 3. The monoisotopic (exact) mass is 256 g/mol. The number of nitrogens with two attached hydrogens (primary N) is 1. The number of amides is 1. The highest BCUT2D eigenvalue weighted by Gasteiger charge is 2.46. The molecule has 2 atom stereocenters. The molecule has 0 aliphatic carbocycles. The van der Waals surface area contributed by atoms with Gasteiger partial charge in [0.1, 0.15) is 0 Å². The van der Waals surface area contributed by atoms with Gasteiger partial charge >= 0.3 is 5.97 Å². The number of rotatable bonds is 5. The molecule has 0 radical (unpaired) electrons. The van der Waals surface area contributed by atoms with Gasteiger partial charge in [0.2, 0.25) is 5.91 Å². The summed E-state index contributed by atoms with van der Waals surface area (Å²) in [4.78, 5) is 25.1. The molecule has 1 rings (SSSR count). The van der Waals surface area contributed by atoms with Crippen molar-refractivity contribution in [1.29, 1.82) is 0 Å². The summed E-state index contributed by atoms with van der Waals surface area (Å²) in [5, 5.41) is 9.37. The molecule has 0 aromatic rings. The maximum Gasteiger partial charge on any atom is 0.311 e. The van der Waals surface area contributed by atoms with Crippen LogP contribution in [0.15, 0.2) is 0 Å². The second kappa shape index (κ2) is 5.69. The minimum absolute atomic E-state index is 0.0727. The third kappa shape index (κ3) is 2.83. The molecule has 0 saturated carbocycles. The van der Waals surface area contributed by atoms with Gasteiger partial charge in [0, 0.05) is 13.1 Å². The van der Waals surface area contributed by atoms with Crippen LogP contribution in [0.5, 0.6) is 0 Å². The first-order valence-corrected chi connectivity index (χ1v) is 6.62. The second-order valence-corrected chi connectivity index (χ2v) is 5.62. The Morgan fingerprint density at radius 2 is 2.06 bits per heavy atom. The molecule has 5 nitrogen and oxygen atoms in total. The fourth-order valence-electron chi connectivity index (χ4n) is 2.52. The Bertz CT molecular complexity index is 330. The van der Waals surface area contributed by atoms with Gasteiger partial charge in [-0.05, 0) is 18.8 Å². The predicted molar refractivity (Wildman–Crippen MR) is 69.0 cm³/mol. The summed E-state index contributed by atoms with van der Waals surface area (Å²) in [6, 6.07) is -0.531. The first-order chi connectivity index (χ1) is 8.34. The number of hydrogen-bond donors (Lipinski definition) is 2. The van der Waals surface area contributed by atoms with E-state index >= 15 is 0 Å². The lowest BCUT2D eigenvalue weighted by Gasteiger charge is -2.26. The molecule has 1 heterocycles. The largest absolute Gasteiger partial charge is 0.481 e. The Hall–Kier alpha value is -1.10. The summed E-state index contributed by atoms with van der Waals surface area (Å²) in [7, 11) is 0. The van der Waals surface area contributed by atoms with E-state index in [-0.39, 0.29) is 11.8 Å². The van der Waals surface area contributed by atoms with E-state index < -0.39 is 17.4 Å². The van der Waals surface area contributed by atoms with Crippen LogP contribution in [0, 0.1) is 11.3 Å². The molecule has 1 unspecified atom stereocenters. The highest BCUT2D eigenvalue weighted by Crippen LogP contribution is 2.35. The average Bonchev–Trinajstić information content (AvgIpc) is 2.73. The summed E-state index contributed by atoms with van der Waals surface area (Å²) in [5.74, 6) is -0.842. The van der Waals surface area contributed by atoms with Crippen LogP contribution < -0.4 is 5.73 Å². The van der Waals surface area contributed by atoms with Gasteiger partial charge in [0.15, 0.2) is 0 Å². The summed E-state index contributed by atoms with van der Waals surface area (Å²) in [6.07, 6.45) is 1.96. The van der Waals surface area contributed by atoms with Gasteiger partial charge in [0.25, 0.3) is 0 Å². The van der Waals surface area contributed by atoms with E-state index in [9.17, 15) is 14.7 Å². The van der Waals surface area contributed by atoms with Crippen LogP contribution in [0.3, 0.4) is 0 Å². The van der Waals surface area contributed by atoms with Gasteiger partial charge in [-0.3, -0.25) is 9.59 Å². The molecule has 18 heavy (non-hydrogen) atoms. The van der Waals surface area contributed by atoms with Crippen LogP contribution in [-0.4, -0.2) is 41.0 Å². The van der Waals surface area contributed by atoms with Crippen molar-refractivity contribution in [1.82, 2.24) is 4.90 Å². The van der Waals surface area contributed by atoms with Crippen molar-refractivity contribution >= 4 is 11.9 Å². The number of carboxylic acid groups (broad SMARTS) is 1. The molecule has 5 heteroatoms. The molecular weight excluding hydrogens is 232 g/mol. The van der Waals surface area contributed by atoms with Crippen molar-refractivity contribution in [3.63, 3.8) is 0 Å². The van der Waals surface area contributed by atoms with Crippen LogP contribution in [0.1, 0.15) is 40.0 Å². The zero-order valence-corrected chi connectivity index (χ0v) is 11.5. The zero-order valence-electron chi connectivity index (χ0n) is 11.5. The first kappa shape index (κ1) is 15.0. The molecule has 1 saturated heterocycles. The maximum absolute atomic E-state index is 12.1. The van der Waals surface area contributed by atoms with Crippen LogP contribution in [0.25, 0.3) is 0 Å². The summed E-state index contributed by atoms with van der Waals surface area (Å²) < 4.78 is 0. The topological polar surface area (TPSA) is 83.6 Å². The molecule has 1 aliphatic heterocycles. The van der Waals surface area contributed by atoms with Crippen LogP contribution in [-0.2, 0) is 9.59 Å². The number of nitrogens with zero attached hydrogens (tertiary/aromatic N) is 1. The quantitative estimate of drug-likeness (QED) is 0.770. The summed E-state index contributed by atoms with van der Waals surface area (Å²) in [5.41, 5.74) is 5.08. The molecule has 1 aliphatic rings. The molecule has 104 valence electrons. The van der Waals surface area contributed by atoms with Crippen molar-refractivity contribution in [2.45, 2.75) is 46.1 Å². The van der Waals surface area contributed by atoms with Crippen LogP contribution in [0.4, 0.5) is 0 Å². The molecule has 0 aromatic carbocycles. The maximum atomic E-state index is 12.1. The molecular formula is C13H24N2O3. The van der Waals surface area contributed by atoms with Gasteiger partial charge in [-0.15, -0.1) is 0 Å². The molecule has 1 amide bonds. The average molecular weight is 256 g/mol. The van der Waals surface area contributed by atoms with Gasteiger partial charge < -0.3 is 15.7 Å². The minimum atomic E-state index is -0.794. The van der Waals surface area contributed by atoms with Gasteiger partial charge in [0.05, 0.1) is 11.5 Å². The lowest BCUT2D eigenvalue weighted by atomic mass is 9.83. The second-order valence-electron chi connectivity index (χ2n) is 5.62. The van der Waals surface area contributed by atoms with Gasteiger partial charge in [-0.25, -0.2) is 0 Å². The highest BCUT2D eigenvalue weighted by molar-refractivity contribution is 5.84. The Morgan fingerprint density at radius 1 is 1.44 bits per heavy atom. The van der Waals surface area contributed by atoms with E-state index in [2.05, 4.69) is 0 Å². The van der Waals surface area contributed by atoms with Crippen molar-refractivity contribution in [3.8, 4) is 0 Å². The normalized spacial score (nSPS) is 25.5. The third-order valence-corrected chi connectivity index (χ3v) is 3.85. The van der Waals surface area contributed by atoms with E-state index in [1.54, 1.807) is 4.90 Å². The van der Waals surface area contributed by atoms with Crippen molar-refractivity contribution in [2.75, 3.05) is 13.1 Å². The minimum Gasteiger partial charge on any atom is -0.481 e. The van der Waals surface area contributed by atoms with Crippen molar-refractivity contribution < 1.29 is 14.7 Å². The number of carbonyl (C=O) groups is 2. The highest BCUT2D eigenvalue weighted by atomic mass is 16.4. The predicted octanol–water partition coefficient (Wildman–Crippen LogP) is 1.07. The molecule has 3 N–H and O–H groups in total. The Balaban J connectivity index is 2.75. The molecule has 1 fully saturated rings. The van der Waals surface area contributed by atoms with Gasteiger partial charge in [-0.1, -0.05) is 27.2 Å². The molecule has 0 bridgehead atoms.